The van der Waals surface area contributed by atoms with Gasteiger partial charge in [0.1, 0.15) is 11.3 Å². The summed E-state index contributed by atoms with van der Waals surface area (Å²) < 4.78 is 5.96. The molecule has 0 bridgehead atoms. The van der Waals surface area contributed by atoms with Crippen LogP contribution in [-0.4, -0.2) is 16.3 Å². The van der Waals surface area contributed by atoms with Crippen molar-refractivity contribution in [3.05, 3.63) is 76.8 Å². The topological polar surface area (TPSA) is 58.6 Å². The summed E-state index contributed by atoms with van der Waals surface area (Å²) in [5.74, 6) is 0.703. The quantitative estimate of drug-likeness (QED) is 0.377. The lowest BCUT2D eigenvalue weighted by molar-refractivity contribution is 0.474. The molecule has 146 valence electrons. The van der Waals surface area contributed by atoms with Crippen molar-refractivity contribution >= 4 is 34.6 Å². The zero-order valence-corrected chi connectivity index (χ0v) is 17.2. The molecule has 0 spiro atoms. The summed E-state index contributed by atoms with van der Waals surface area (Å²) in [7, 11) is 0. The Morgan fingerprint density at radius 3 is 2.48 bits per heavy atom. The molecule has 0 saturated carbocycles. The number of benzene rings is 3. The molecule has 1 N–H and O–H groups in total. The van der Waals surface area contributed by atoms with Crippen LogP contribution >= 0.6 is 11.6 Å². The van der Waals surface area contributed by atoms with Crippen molar-refractivity contribution in [3.8, 4) is 17.2 Å². The van der Waals surface area contributed by atoms with Gasteiger partial charge in [0.05, 0.1) is 5.69 Å². The number of aromatic hydroxyl groups is 1. The molecular weight excluding hydrogens is 384 g/mol. The maximum absolute atomic E-state index is 9.91. The Labute approximate surface area is 174 Å². The van der Waals surface area contributed by atoms with Crippen LogP contribution in [0.3, 0.4) is 0 Å². The Hall–Kier alpha value is -3.11. The lowest BCUT2D eigenvalue weighted by Crippen LogP contribution is -2.10. The molecule has 0 amide bonds. The Bertz CT molecular complexity index is 1200. The largest absolute Gasteiger partial charge is 0.507 e. The van der Waals surface area contributed by atoms with E-state index in [0.717, 1.165) is 11.1 Å². The molecule has 1 heterocycles. The minimum atomic E-state index is 0.101. The molecular formula is C24H21ClN2O2. The highest BCUT2D eigenvalue weighted by molar-refractivity contribution is 6.30. The Morgan fingerprint density at radius 1 is 1.00 bits per heavy atom. The van der Waals surface area contributed by atoms with E-state index in [-0.39, 0.29) is 11.2 Å². The van der Waals surface area contributed by atoms with E-state index in [1.807, 2.05) is 30.3 Å². The highest BCUT2D eigenvalue weighted by Crippen LogP contribution is 2.30. The van der Waals surface area contributed by atoms with Gasteiger partial charge >= 0.3 is 0 Å². The van der Waals surface area contributed by atoms with Crippen molar-refractivity contribution in [1.29, 1.82) is 0 Å². The number of rotatable bonds is 3. The normalized spacial score (nSPS) is 12.1. The first-order valence-corrected chi connectivity index (χ1v) is 9.71. The maximum Gasteiger partial charge on any atom is 0.227 e. The maximum atomic E-state index is 9.91. The molecule has 0 unspecified atom stereocenters. The second-order valence-corrected chi connectivity index (χ2v) is 8.40. The standard InChI is InChI=1S/C24H21ClN2O2/c1-24(2,3)17-6-4-15(5-7-17)23-27-20-10-9-19(13-22(20)29-23)26-14-16-12-18(25)8-11-21(16)28/h4-14,28H,1-3H3. The lowest BCUT2D eigenvalue weighted by Gasteiger charge is -2.18. The molecule has 4 nitrogen and oxygen atoms in total. The third kappa shape index (κ3) is 4.17. The molecule has 29 heavy (non-hydrogen) atoms. The van der Waals surface area contributed by atoms with E-state index >= 15 is 0 Å². The number of phenolic OH excluding ortho intramolecular Hbond substituents is 1. The summed E-state index contributed by atoms with van der Waals surface area (Å²) in [4.78, 5) is 9.00. The summed E-state index contributed by atoms with van der Waals surface area (Å²) in [5, 5.41) is 10.4. The number of hydrogen-bond acceptors (Lipinski definition) is 4. The Morgan fingerprint density at radius 2 is 1.76 bits per heavy atom. The van der Waals surface area contributed by atoms with Crippen molar-refractivity contribution in [2.24, 2.45) is 4.99 Å². The summed E-state index contributed by atoms with van der Waals surface area (Å²) in [6.07, 6.45) is 1.57. The number of phenols is 1. The highest BCUT2D eigenvalue weighted by atomic mass is 35.5. The second-order valence-electron chi connectivity index (χ2n) is 7.96. The molecule has 4 aromatic rings. The van der Waals surface area contributed by atoms with Crippen LogP contribution in [0.25, 0.3) is 22.6 Å². The third-order valence-electron chi connectivity index (χ3n) is 4.71. The van der Waals surface area contributed by atoms with Gasteiger partial charge in [-0.25, -0.2) is 4.98 Å². The number of halogens is 1. The third-order valence-corrected chi connectivity index (χ3v) is 4.95. The fraction of sp³-hybridized carbons (Fsp3) is 0.167. The summed E-state index contributed by atoms with van der Waals surface area (Å²) in [6.45, 7) is 6.56. The first-order chi connectivity index (χ1) is 13.8. The Kier molecular flexibility index (Phi) is 4.89. The van der Waals surface area contributed by atoms with E-state index < -0.39 is 0 Å². The average Bonchev–Trinajstić information content (AvgIpc) is 3.11. The first kappa shape index (κ1) is 19.2. The number of oxazole rings is 1. The predicted octanol–water partition coefficient (Wildman–Crippen LogP) is 6.90. The Balaban J connectivity index is 1.62. The zero-order chi connectivity index (χ0) is 20.6. The molecule has 0 aliphatic heterocycles. The molecule has 3 aromatic carbocycles. The first-order valence-electron chi connectivity index (χ1n) is 9.34. The number of nitrogens with zero attached hydrogens (tertiary/aromatic N) is 2. The number of aliphatic imine (C=N–C) groups is 1. The number of fused-ring (bicyclic) bond motifs is 1. The van der Waals surface area contributed by atoms with Gasteiger partial charge in [0, 0.05) is 28.4 Å². The van der Waals surface area contributed by atoms with Gasteiger partial charge in [-0.2, -0.15) is 0 Å². The van der Waals surface area contributed by atoms with Crippen molar-refractivity contribution in [2.75, 3.05) is 0 Å². The molecule has 4 rings (SSSR count). The van der Waals surface area contributed by atoms with Crippen LogP contribution in [-0.2, 0) is 5.41 Å². The van der Waals surface area contributed by atoms with Crippen molar-refractivity contribution in [3.63, 3.8) is 0 Å². The fourth-order valence-electron chi connectivity index (χ4n) is 3.00. The number of hydrogen-bond donors (Lipinski definition) is 1. The fourth-order valence-corrected chi connectivity index (χ4v) is 3.18. The van der Waals surface area contributed by atoms with Gasteiger partial charge in [0.2, 0.25) is 5.89 Å². The smallest absolute Gasteiger partial charge is 0.227 e. The van der Waals surface area contributed by atoms with E-state index in [0.29, 0.717) is 27.7 Å². The van der Waals surface area contributed by atoms with Crippen molar-refractivity contribution in [2.45, 2.75) is 26.2 Å². The highest BCUT2D eigenvalue weighted by Gasteiger charge is 2.14. The van der Waals surface area contributed by atoms with Gasteiger partial charge in [0.15, 0.2) is 5.58 Å². The van der Waals surface area contributed by atoms with Gasteiger partial charge < -0.3 is 9.52 Å². The average molecular weight is 405 g/mol. The van der Waals surface area contributed by atoms with Crippen molar-refractivity contribution < 1.29 is 9.52 Å². The van der Waals surface area contributed by atoms with Gasteiger partial charge in [-0.05, 0) is 53.4 Å². The summed E-state index contributed by atoms with van der Waals surface area (Å²) in [5.41, 5.74) is 4.97. The zero-order valence-electron chi connectivity index (χ0n) is 16.5. The molecule has 0 radical (unpaired) electrons. The van der Waals surface area contributed by atoms with Gasteiger partial charge in [-0.3, -0.25) is 4.99 Å². The minimum Gasteiger partial charge on any atom is -0.507 e. The molecule has 0 atom stereocenters. The van der Waals surface area contributed by atoms with E-state index in [9.17, 15) is 5.11 Å². The van der Waals surface area contributed by atoms with Crippen LogP contribution < -0.4 is 0 Å². The van der Waals surface area contributed by atoms with Crippen molar-refractivity contribution in [1.82, 2.24) is 4.98 Å². The van der Waals surface area contributed by atoms with Gasteiger partial charge in [-0.1, -0.05) is 44.5 Å². The minimum absolute atomic E-state index is 0.101. The van der Waals surface area contributed by atoms with Crippen LogP contribution in [0, 0.1) is 0 Å². The summed E-state index contributed by atoms with van der Waals surface area (Å²) >= 11 is 5.98. The SMILES string of the molecule is CC(C)(C)c1ccc(-c2nc3ccc(N=Cc4cc(Cl)ccc4O)cc3o2)cc1. The van der Waals surface area contributed by atoms with Crippen LogP contribution in [0.1, 0.15) is 31.9 Å². The molecule has 0 aliphatic carbocycles. The van der Waals surface area contributed by atoms with E-state index in [1.54, 1.807) is 24.4 Å². The summed E-state index contributed by atoms with van der Waals surface area (Å²) in [6, 6.07) is 18.7. The predicted molar refractivity (Wildman–Crippen MR) is 119 cm³/mol. The van der Waals surface area contributed by atoms with E-state index in [1.165, 1.54) is 5.56 Å². The van der Waals surface area contributed by atoms with Crippen LogP contribution in [0.15, 0.2) is 70.1 Å². The number of aromatic nitrogens is 1. The molecule has 5 heteroatoms. The van der Waals surface area contributed by atoms with E-state index in [4.69, 9.17) is 16.0 Å². The van der Waals surface area contributed by atoms with Gasteiger partial charge in [0.25, 0.3) is 0 Å². The van der Waals surface area contributed by atoms with Crippen LogP contribution in [0.2, 0.25) is 5.02 Å². The molecule has 1 aromatic heterocycles. The van der Waals surface area contributed by atoms with Gasteiger partial charge in [-0.15, -0.1) is 0 Å². The van der Waals surface area contributed by atoms with E-state index in [2.05, 4.69) is 42.9 Å². The monoisotopic (exact) mass is 404 g/mol. The molecule has 0 saturated heterocycles. The van der Waals surface area contributed by atoms with Crippen LogP contribution in [0.4, 0.5) is 5.69 Å². The molecule has 0 aliphatic rings. The lowest BCUT2D eigenvalue weighted by atomic mass is 9.87. The second kappa shape index (κ2) is 7.37. The molecule has 0 fully saturated rings. The van der Waals surface area contributed by atoms with Crippen LogP contribution in [0.5, 0.6) is 5.75 Å².